The van der Waals surface area contributed by atoms with E-state index in [0.717, 1.165) is 19.3 Å². The van der Waals surface area contributed by atoms with Gasteiger partial charge in [0.25, 0.3) is 0 Å². The summed E-state index contributed by atoms with van der Waals surface area (Å²) >= 11 is 0. The van der Waals surface area contributed by atoms with E-state index in [1.165, 1.54) is 5.56 Å². The van der Waals surface area contributed by atoms with E-state index in [2.05, 4.69) is 24.1 Å². The fraction of sp³-hybridized carbons (Fsp3) is 0.462. The minimum Gasteiger partial charge on any atom is -0.369 e. The summed E-state index contributed by atoms with van der Waals surface area (Å²) in [5.41, 5.74) is 1.26. The van der Waals surface area contributed by atoms with Crippen molar-refractivity contribution in [2.75, 3.05) is 20.2 Å². The van der Waals surface area contributed by atoms with E-state index < -0.39 is 0 Å². The van der Waals surface area contributed by atoms with Gasteiger partial charge in [0.1, 0.15) is 12.9 Å². The molecule has 2 atom stereocenters. The molecular weight excluding hydrogens is 202 g/mol. The predicted octanol–water partition coefficient (Wildman–Crippen LogP) is 1.65. The van der Waals surface area contributed by atoms with E-state index in [4.69, 9.17) is 4.74 Å². The van der Waals surface area contributed by atoms with Crippen molar-refractivity contribution in [1.29, 1.82) is 0 Å². The van der Waals surface area contributed by atoms with Gasteiger partial charge in [0, 0.05) is 6.54 Å². The van der Waals surface area contributed by atoms with Gasteiger partial charge in [0.15, 0.2) is 0 Å². The molecule has 0 amide bonds. The van der Waals surface area contributed by atoms with Gasteiger partial charge < -0.3 is 9.53 Å². The summed E-state index contributed by atoms with van der Waals surface area (Å²) in [6.07, 6.45) is 1.95. The number of hydrogen-bond acceptors (Lipinski definition) is 3. The molecule has 0 aliphatic carbocycles. The standard InChI is InChI=1S/C13H17NO2/c1-14-8-7-12(16-10-9-15)13(14)11-5-3-2-4-6-11/h2-6,9,12-13H,7-8,10H2,1H3/t12?,13-/m0/s1. The van der Waals surface area contributed by atoms with E-state index in [-0.39, 0.29) is 18.8 Å². The first kappa shape index (κ1) is 11.3. The highest BCUT2D eigenvalue weighted by Gasteiger charge is 2.33. The molecule has 1 saturated heterocycles. The summed E-state index contributed by atoms with van der Waals surface area (Å²) in [5, 5.41) is 0. The van der Waals surface area contributed by atoms with Crippen LogP contribution in [0.5, 0.6) is 0 Å². The van der Waals surface area contributed by atoms with Crippen molar-refractivity contribution in [3.05, 3.63) is 35.9 Å². The van der Waals surface area contributed by atoms with Gasteiger partial charge in [0.2, 0.25) is 0 Å². The Balaban J connectivity index is 2.13. The number of likely N-dealkylation sites (tertiary alicyclic amines) is 1. The Bertz CT molecular complexity index is 339. The van der Waals surface area contributed by atoms with E-state index in [1.807, 2.05) is 18.2 Å². The Morgan fingerprint density at radius 2 is 2.19 bits per heavy atom. The largest absolute Gasteiger partial charge is 0.369 e. The average molecular weight is 219 g/mol. The number of benzene rings is 1. The highest BCUT2D eigenvalue weighted by molar-refractivity contribution is 5.50. The Kier molecular flexibility index (Phi) is 3.70. The van der Waals surface area contributed by atoms with Crippen LogP contribution in [0.3, 0.4) is 0 Å². The lowest BCUT2D eigenvalue weighted by atomic mass is 10.0. The Labute approximate surface area is 96.0 Å². The molecule has 3 nitrogen and oxygen atoms in total. The molecule has 16 heavy (non-hydrogen) atoms. The second kappa shape index (κ2) is 5.23. The van der Waals surface area contributed by atoms with Crippen LogP contribution < -0.4 is 0 Å². The number of nitrogens with zero attached hydrogens (tertiary/aromatic N) is 1. The van der Waals surface area contributed by atoms with E-state index >= 15 is 0 Å². The molecule has 2 rings (SSSR count). The van der Waals surface area contributed by atoms with Crippen LogP contribution in [-0.4, -0.2) is 37.5 Å². The zero-order valence-electron chi connectivity index (χ0n) is 9.50. The molecule has 0 saturated carbocycles. The summed E-state index contributed by atoms with van der Waals surface area (Å²) < 4.78 is 5.58. The number of likely N-dealkylation sites (N-methyl/N-ethyl adjacent to an activating group) is 1. The second-order valence-corrected chi connectivity index (χ2v) is 4.16. The van der Waals surface area contributed by atoms with Crippen LogP contribution in [0.2, 0.25) is 0 Å². The maximum absolute atomic E-state index is 10.3. The third kappa shape index (κ3) is 2.31. The zero-order chi connectivity index (χ0) is 11.4. The lowest BCUT2D eigenvalue weighted by molar-refractivity contribution is -0.114. The van der Waals surface area contributed by atoms with Gasteiger partial charge in [-0.1, -0.05) is 30.3 Å². The second-order valence-electron chi connectivity index (χ2n) is 4.16. The number of hydrogen-bond donors (Lipinski definition) is 0. The number of carbonyl (C=O) groups excluding carboxylic acids is 1. The lowest BCUT2D eigenvalue weighted by Gasteiger charge is -2.25. The molecule has 86 valence electrons. The van der Waals surface area contributed by atoms with Crippen LogP contribution in [-0.2, 0) is 9.53 Å². The van der Waals surface area contributed by atoms with E-state index in [0.29, 0.717) is 0 Å². The van der Waals surface area contributed by atoms with Crippen LogP contribution in [0.1, 0.15) is 18.0 Å². The van der Waals surface area contributed by atoms with Crippen molar-refractivity contribution in [2.45, 2.75) is 18.6 Å². The number of ether oxygens (including phenoxy) is 1. The normalized spacial score (nSPS) is 25.8. The minimum atomic E-state index is 0.137. The molecule has 1 aliphatic heterocycles. The fourth-order valence-corrected chi connectivity index (χ4v) is 2.37. The molecule has 0 radical (unpaired) electrons. The molecule has 1 aromatic rings. The smallest absolute Gasteiger partial charge is 0.145 e. The molecule has 1 fully saturated rings. The van der Waals surface area contributed by atoms with Gasteiger partial charge in [0.05, 0.1) is 12.1 Å². The minimum absolute atomic E-state index is 0.137. The Hall–Kier alpha value is -1.19. The predicted molar refractivity (Wildman–Crippen MR) is 62.2 cm³/mol. The van der Waals surface area contributed by atoms with Crippen molar-refractivity contribution < 1.29 is 9.53 Å². The van der Waals surface area contributed by atoms with Gasteiger partial charge in [-0.25, -0.2) is 0 Å². The van der Waals surface area contributed by atoms with Gasteiger partial charge in [-0.05, 0) is 19.0 Å². The van der Waals surface area contributed by atoms with Crippen molar-refractivity contribution in [1.82, 2.24) is 4.90 Å². The highest BCUT2D eigenvalue weighted by Crippen LogP contribution is 2.32. The Morgan fingerprint density at radius 1 is 1.44 bits per heavy atom. The quantitative estimate of drug-likeness (QED) is 0.721. The third-order valence-corrected chi connectivity index (χ3v) is 3.11. The molecule has 1 unspecified atom stereocenters. The highest BCUT2D eigenvalue weighted by atomic mass is 16.5. The number of carbonyl (C=O) groups is 1. The van der Waals surface area contributed by atoms with Gasteiger partial charge in [-0.15, -0.1) is 0 Å². The average Bonchev–Trinajstić information content (AvgIpc) is 2.69. The maximum atomic E-state index is 10.3. The Morgan fingerprint density at radius 3 is 2.88 bits per heavy atom. The molecule has 1 aliphatic rings. The third-order valence-electron chi connectivity index (χ3n) is 3.11. The molecule has 0 spiro atoms. The molecule has 3 heteroatoms. The SMILES string of the molecule is CN1CCC(OCC=O)[C@@H]1c1ccccc1. The topological polar surface area (TPSA) is 29.5 Å². The molecule has 0 bridgehead atoms. The molecule has 1 heterocycles. The first-order valence-electron chi connectivity index (χ1n) is 5.63. The van der Waals surface area contributed by atoms with Crippen LogP contribution >= 0.6 is 0 Å². The summed E-state index contributed by atoms with van der Waals surface area (Å²) in [6, 6.07) is 10.6. The van der Waals surface area contributed by atoms with Crippen LogP contribution in [0, 0.1) is 0 Å². The summed E-state index contributed by atoms with van der Waals surface area (Å²) in [5.74, 6) is 0. The van der Waals surface area contributed by atoms with Gasteiger partial charge in [-0.2, -0.15) is 0 Å². The summed E-state index contributed by atoms with van der Waals surface area (Å²) in [4.78, 5) is 12.6. The lowest BCUT2D eigenvalue weighted by Crippen LogP contribution is -2.26. The van der Waals surface area contributed by atoms with Crippen molar-refractivity contribution in [3.8, 4) is 0 Å². The molecular formula is C13H17NO2. The number of aldehydes is 1. The van der Waals surface area contributed by atoms with Crippen molar-refractivity contribution in [3.63, 3.8) is 0 Å². The van der Waals surface area contributed by atoms with E-state index in [9.17, 15) is 4.79 Å². The molecule has 0 aromatic heterocycles. The van der Waals surface area contributed by atoms with E-state index in [1.54, 1.807) is 0 Å². The van der Waals surface area contributed by atoms with Crippen molar-refractivity contribution in [2.24, 2.45) is 0 Å². The number of rotatable bonds is 4. The molecule has 1 aromatic carbocycles. The van der Waals surface area contributed by atoms with Crippen LogP contribution in [0.4, 0.5) is 0 Å². The summed E-state index contributed by atoms with van der Waals surface area (Å²) in [6.45, 7) is 1.21. The van der Waals surface area contributed by atoms with Gasteiger partial charge in [-0.3, -0.25) is 4.90 Å². The maximum Gasteiger partial charge on any atom is 0.145 e. The zero-order valence-corrected chi connectivity index (χ0v) is 9.50. The first-order chi connectivity index (χ1) is 7.83. The van der Waals surface area contributed by atoms with Crippen LogP contribution in [0.25, 0.3) is 0 Å². The summed E-state index contributed by atoms with van der Waals surface area (Å²) in [7, 11) is 2.10. The first-order valence-corrected chi connectivity index (χ1v) is 5.63. The fourth-order valence-electron chi connectivity index (χ4n) is 2.37. The molecule has 0 N–H and O–H groups in total. The van der Waals surface area contributed by atoms with Crippen LogP contribution in [0.15, 0.2) is 30.3 Å². The monoisotopic (exact) mass is 219 g/mol. The van der Waals surface area contributed by atoms with Crippen molar-refractivity contribution >= 4 is 6.29 Å². The van der Waals surface area contributed by atoms with Gasteiger partial charge >= 0.3 is 0 Å².